The van der Waals surface area contributed by atoms with Gasteiger partial charge < -0.3 is 4.42 Å². The van der Waals surface area contributed by atoms with E-state index in [4.69, 9.17) is 4.42 Å². The first-order valence-corrected chi connectivity index (χ1v) is 10.8. The molecule has 2 fully saturated rings. The molecule has 0 N–H and O–H groups in total. The van der Waals surface area contributed by atoms with E-state index in [1.54, 1.807) is 6.26 Å². The van der Waals surface area contributed by atoms with Gasteiger partial charge in [0, 0.05) is 18.0 Å². The van der Waals surface area contributed by atoms with E-state index in [1.165, 1.54) is 4.90 Å². The van der Waals surface area contributed by atoms with E-state index in [0.717, 1.165) is 27.7 Å². The van der Waals surface area contributed by atoms with Crippen molar-refractivity contribution in [2.75, 3.05) is 18.5 Å². The second-order valence-electron chi connectivity index (χ2n) is 8.62. The van der Waals surface area contributed by atoms with Gasteiger partial charge >= 0.3 is 0 Å². The molecule has 2 amide bonds. The molecule has 0 unspecified atom stereocenters. The number of amides is 2. The van der Waals surface area contributed by atoms with Gasteiger partial charge in [-0.05, 0) is 54.1 Å². The largest absolute Gasteiger partial charge is 0.464 e. The van der Waals surface area contributed by atoms with Gasteiger partial charge in [-0.2, -0.15) is 0 Å². The lowest BCUT2D eigenvalue weighted by Gasteiger charge is -2.27. The number of rotatable bonds is 3. The monoisotopic (exact) mass is 422 g/mol. The van der Waals surface area contributed by atoms with E-state index >= 15 is 0 Å². The van der Waals surface area contributed by atoms with Crippen molar-refractivity contribution in [3.8, 4) is 11.1 Å². The fourth-order valence-electron chi connectivity index (χ4n) is 5.41. The molecule has 0 spiro atoms. The van der Waals surface area contributed by atoms with Crippen molar-refractivity contribution < 1.29 is 14.0 Å². The lowest BCUT2D eigenvalue weighted by Crippen LogP contribution is -2.36. The third-order valence-electron chi connectivity index (χ3n) is 6.83. The summed E-state index contributed by atoms with van der Waals surface area (Å²) < 4.78 is 5.50. The number of hydrogen-bond acceptors (Lipinski definition) is 4. The van der Waals surface area contributed by atoms with Crippen LogP contribution in [0.5, 0.6) is 0 Å². The zero-order chi connectivity index (χ0) is 21.8. The predicted molar refractivity (Wildman–Crippen MR) is 123 cm³/mol. The maximum atomic E-state index is 13.6. The molecule has 4 aromatic rings. The molecular weight excluding hydrogens is 400 g/mol. The minimum Gasteiger partial charge on any atom is -0.464 e. The molecule has 5 heteroatoms. The highest BCUT2D eigenvalue weighted by Crippen LogP contribution is 2.48. The Morgan fingerprint density at radius 1 is 0.875 bits per heavy atom. The van der Waals surface area contributed by atoms with E-state index in [9.17, 15) is 9.59 Å². The molecule has 2 saturated heterocycles. The minimum absolute atomic E-state index is 0.0992. The van der Waals surface area contributed by atoms with Crippen LogP contribution in [0.2, 0.25) is 0 Å². The first kappa shape index (κ1) is 19.0. The topological polar surface area (TPSA) is 53.8 Å². The summed E-state index contributed by atoms with van der Waals surface area (Å²) in [5.74, 6) is -0.938. The molecule has 3 aromatic carbocycles. The van der Waals surface area contributed by atoms with E-state index in [1.807, 2.05) is 61.6 Å². The van der Waals surface area contributed by atoms with Gasteiger partial charge in [0.2, 0.25) is 11.8 Å². The Morgan fingerprint density at radius 3 is 2.50 bits per heavy atom. The molecule has 2 aliphatic heterocycles. The van der Waals surface area contributed by atoms with Crippen molar-refractivity contribution in [1.82, 2.24) is 4.90 Å². The molecule has 3 heterocycles. The molecule has 0 saturated carbocycles. The highest BCUT2D eigenvalue weighted by molar-refractivity contribution is 6.22. The normalized spacial score (nSPS) is 23.3. The maximum absolute atomic E-state index is 13.6. The fourth-order valence-corrected chi connectivity index (χ4v) is 5.41. The van der Waals surface area contributed by atoms with Crippen molar-refractivity contribution in [3.05, 3.63) is 90.7 Å². The van der Waals surface area contributed by atoms with Gasteiger partial charge in [0.1, 0.15) is 5.58 Å². The Bertz CT molecular complexity index is 1340. The molecule has 6 rings (SSSR count). The van der Waals surface area contributed by atoms with Gasteiger partial charge in [0.25, 0.3) is 0 Å². The molecule has 158 valence electrons. The van der Waals surface area contributed by atoms with E-state index in [2.05, 4.69) is 29.2 Å². The van der Waals surface area contributed by atoms with Crippen LogP contribution in [-0.4, -0.2) is 30.3 Å². The lowest BCUT2D eigenvalue weighted by atomic mass is 9.85. The molecule has 1 aromatic heterocycles. The number of benzene rings is 3. The number of carbonyl (C=O) groups is 2. The fraction of sp³-hybridized carbons (Fsp3) is 0.185. The van der Waals surface area contributed by atoms with Crippen molar-refractivity contribution in [1.29, 1.82) is 0 Å². The summed E-state index contributed by atoms with van der Waals surface area (Å²) in [7, 11) is 2.01. The number of imide groups is 1. The van der Waals surface area contributed by atoms with Gasteiger partial charge in [-0.1, -0.05) is 48.5 Å². The van der Waals surface area contributed by atoms with Gasteiger partial charge in [-0.3, -0.25) is 14.5 Å². The summed E-state index contributed by atoms with van der Waals surface area (Å²) >= 11 is 0. The van der Waals surface area contributed by atoms with Crippen LogP contribution in [0.15, 0.2) is 89.5 Å². The van der Waals surface area contributed by atoms with Crippen LogP contribution in [0.3, 0.4) is 0 Å². The third-order valence-corrected chi connectivity index (χ3v) is 6.83. The Labute approximate surface area is 185 Å². The Kier molecular flexibility index (Phi) is 4.26. The molecule has 0 bridgehead atoms. The summed E-state index contributed by atoms with van der Waals surface area (Å²) in [6.45, 7) is 0.568. The smallest absolute Gasteiger partial charge is 0.239 e. The van der Waals surface area contributed by atoms with Crippen molar-refractivity contribution in [2.45, 2.75) is 6.04 Å². The SMILES string of the molecule is CN1C[C@@H]2C(=O)N(c3ccccc3)C(=O)[C@@H]2[C@H]1c1ccccc1-c1ccc2occc2c1. The molecular formula is C27H22N2O3. The van der Waals surface area contributed by atoms with Crippen LogP contribution in [0.1, 0.15) is 11.6 Å². The molecule has 32 heavy (non-hydrogen) atoms. The van der Waals surface area contributed by atoms with Gasteiger partial charge in [-0.25, -0.2) is 4.90 Å². The van der Waals surface area contributed by atoms with Crippen LogP contribution >= 0.6 is 0 Å². The number of carbonyl (C=O) groups excluding carboxylic acids is 2. The van der Waals surface area contributed by atoms with E-state index < -0.39 is 5.92 Å². The number of nitrogens with zero attached hydrogens (tertiary/aromatic N) is 2. The Hall–Kier alpha value is -3.70. The van der Waals surface area contributed by atoms with E-state index in [0.29, 0.717) is 12.2 Å². The Balaban J connectivity index is 1.44. The summed E-state index contributed by atoms with van der Waals surface area (Å²) in [5.41, 5.74) is 4.72. The first-order valence-electron chi connectivity index (χ1n) is 10.8. The summed E-state index contributed by atoms with van der Waals surface area (Å²) in [6, 6.07) is 25.4. The van der Waals surface area contributed by atoms with Gasteiger partial charge in [-0.15, -0.1) is 0 Å². The van der Waals surface area contributed by atoms with Crippen molar-refractivity contribution in [2.24, 2.45) is 11.8 Å². The summed E-state index contributed by atoms with van der Waals surface area (Å²) in [5, 5.41) is 1.04. The molecule has 0 radical (unpaired) electrons. The average Bonchev–Trinajstić information content (AvgIpc) is 3.48. The van der Waals surface area contributed by atoms with Crippen molar-refractivity contribution >= 4 is 28.5 Å². The van der Waals surface area contributed by atoms with Crippen LogP contribution in [0.25, 0.3) is 22.1 Å². The second kappa shape index (κ2) is 7.18. The standard InChI is InChI=1S/C27H22N2O3/c1-28-16-22-24(27(31)29(26(22)30)19-7-3-2-4-8-19)25(28)21-10-6-5-9-20(21)17-11-12-23-18(15-17)13-14-32-23/h2-15,22,24-25H,16H2,1H3/t22-,24-,25+/m0/s1. The number of anilines is 1. The van der Waals surface area contributed by atoms with Crippen LogP contribution < -0.4 is 4.90 Å². The number of hydrogen-bond donors (Lipinski definition) is 0. The molecule has 2 aliphatic rings. The second-order valence-corrected chi connectivity index (χ2v) is 8.62. The predicted octanol–water partition coefficient (Wildman–Crippen LogP) is 4.89. The van der Waals surface area contributed by atoms with Crippen LogP contribution in [-0.2, 0) is 9.59 Å². The van der Waals surface area contributed by atoms with Crippen LogP contribution in [0, 0.1) is 11.8 Å². The number of furan rings is 1. The van der Waals surface area contributed by atoms with Crippen LogP contribution in [0.4, 0.5) is 5.69 Å². The number of likely N-dealkylation sites (tertiary alicyclic amines) is 1. The summed E-state index contributed by atoms with van der Waals surface area (Å²) in [6.07, 6.45) is 1.69. The summed E-state index contributed by atoms with van der Waals surface area (Å²) in [4.78, 5) is 30.4. The molecule has 3 atom stereocenters. The quantitative estimate of drug-likeness (QED) is 0.441. The molecule has 5 nitrogen and oxygen atoms in total. The average molecular weight is 422 g/mol. The zero-order valence-corrected chi connectivity index (χ0v) is 17.6. The third kappa shape index (κ3) is 2.75. The van der Waals surface area contributed by atoms with Gasteiger partial charge in [0.15, 0.2) is 0 Å². The number of para-hydroxylation sites is 1. The zero-order valence-electron chi connectivity index (χ0n) is 17.6. The van der Waals surface area contributed by atoms with Crippen molar-refractivity contribution in [3.63, 3.8) is 0 Å². The van der Waals surface area contributed by atoms with Gasteiger partial charge in [0.05, 0.1) is 23.8 Å². The number of fused-ring (bicyclic) bond motifs is 2. The highest BCUT2D eigenvalue weighted by Gasteiger charge is 2.57. The Morgan fingerprint density at radius 2 is 1.66 bits per heavy atom. The highest BCUT2D eigenvalue weighted by atomic mass is 16.3. The van der Waals surface area contributed by atoms with E-state index in [-0.39, 0.29) is 23.8 Å². The first-order chi connectivity index (χ1) is 15.6. The maximum Gasteiger partial charge on any atom is 0.239 e. The lowest BCUT2D eigenvalue weighted by molar-refractivity contribution is -0.123. The molecule has 0 aliphatic carbocycles. The minimum atomic E-state index is -0.397.